The first-order valence-corrected chi connectivity index (χ1v) is 10.9. The van der Waals surface area contributed by atoms with Gasteiger partial charge >= 0.3 is 0 Å². The molecule has 4 nitrogen and oxygen atoms in total. The maximum Gasteiger partial charge on any atom is 0.157 e. The molecule has 2 aromatic carbocycles. The van der Waals surface area contributed by atoms with Gasteiger partial charge in [-0.3, -0.25) is 0 Å². The van der Waals surface area contributed by atoms with Gasteiger partial charge in [0.15, 0.2) is 11.5 Å². The maximum atomic E-state index is 9.50. The molecule has 0 aliphatic carbocycles. The summed E-state index contributed by atoms with van der Waals surface area (Å²) >= 11 is 5.96. The standard InChI is InChI=1S/C24H35ClN2O2.BrH/c1-24(2,18-20-7-10-21(25)11-8-20)27-15-6-4-3-5-14-26-16-13-19-9-12-22(28)23(29)17-19;/h7-12,17,26-29H,3-6,13-16,18H2,1-2H3;1H. The van der Waals surface area contributed by atoms with Crippen LogP contribution in [-0.2, 0) is 12.8 Å². The quantitative estimate of drug-likeness (QED) is 0.213. The fourth-order valence-electron chi connectivity index (χ4n) is 3.41. The molecule has 2 rings (SSSR count). The first kappa shape index (κ1) is 26.8. The van der Waals surface area contributed by atoms with Crippen LogP contribution < -0.4 is 10.6 Å². The fraction of sp³-hybridized carbons (Fsp3) is 0.500. The summed E-state index contributed by atoms with van der Waals surface area (Å²) < 4.78 is 0. The Bertz CT molecular complexity index is 738. The summed E-state index contributed by atoms with van der Waals surface area (Å²) in [7, 11) is 0. The molecule has 2 aromatic rings. The van der Waals surface area contributed by atoms with Crippen molar-refractivity contribution in [1.82, 2.24) is 10.6 Å². The SMILES string of the molecule is Br.CC(C)(Cc1ccc(Cl)cc1)NCCCCCCNCCc1ccc(O)c(O)c1. The molecule has 0 saturated heterocycles. The highest BCUT2D eigenvalue weighted by Gasteiger charge is 2.17. The molecule has 0 spiro atoms. The van der Waals surface area contributed by atoms with Gasteiger partial charge in [0.25, 0.3) is 0 Å². The van der Waals surface area contributed by atoms with Gasteiger partial charge in [-0.2, -0.15) is 0 Å². The van der Waals surface area contributed by atoms with Crippen LogP contribution in [0.3, 0.4) is 0 Å². The van der Waals surface area contributed by atoms with Gasteiger partial charge in [-0.1, -0.05) is 42.6 Å². The molecule has 30 heavy (non-hydrogen) atoms. The van der Waals surface area contributed by atoms with Crippen LogP contribution in [-0.4, -0.2) is 35.4 Å². The minimum absolute atomic E-state index is 0. The lowest BCUT2D eigenvalue weighted by molar-refractivity contribution is 0.379. The molecule has 168 valence electrons. The van der Waals surface area contributed by atoms with Gasteiger partial charge < -0.3 is 20.8 Å². The first-order chi connectivity index (χ1) is 13.9. The van der Waals surface area contributed by atoms with Crippen LogP contribution in [0.5, 0.6) is 11.5 Å². The zero-order valence-corrected chi connectivity index (χ0v) is 20.6. The number of rotatable bonds is 13. The van der Waals surface area contributed by atoms with Gasteiger partial charge in [0, 0.05) is 10.6 Å². The van der Waals surface area contributed by atoms with E-state index in [1.54, 1.807) is 6.07 Å². The number of benzene rings is 2. The van der Waals surface area contributed by atoms with E-state index in [-0.39, 0.29) is 34.0 Å². The zero-order chi connectivity index (χ0) is 21.1. The lowest BCUT2D eigenvalue weighted by atomic mass is 9.95. The Kier molecular flexibility index (Phi) is 12.4. The molecule has 0 bridgehead atoms. The van der Waals surface area contributed by atoms with Crippen LogP contribution in [0.1, 0.15) is 50.7 Å². The van der Waals surface area contributed by atoms with E-state index >= 15 is 0 Å². The predicted octanol–water partition coefficient (Wildman–Crippen LogP) is 5.63. The summed E-state index contributed by atoms with van der Waals surface area (Å²) in [4.78, 5) is 0. The van der Waals surface area contributed by atoms with E-state index in [1.165, 1.54) is 37.3 Å². The lowest BCUT2D eigenvalue weighted by Crippen LogP contribution is -2.41. The van der Waals surface area contributed by atoms with Crippen LogP contribution in [0.25, 0.3) is 0 Å². The maximum absolute atomic E-state index is 9.50. The molecule has 0 aliphatic rings. The average Bonchev–Trinajstić information content (AvgIpc) is 2.67. The zero-order valence-electron chi connectivity index (χ0n) is 18.1. The van der Waals surface area contributed by atoms with E-state index in [9.17, 15) is 10.2 Å². The topological polar surface area (TPSA) is 64.5 Å². The minimum Gasteiger partial charge on any atom is -0.504 e. The number of phenolic OH excluding ortho intramolecular Hbond substituents is 2. The smallest absolute Gasteiger partial charge is 0.157 e. The second-order valence-corrected chi connectivity index (χ2v) is 8.79. The molecule has 0 radical (unpaired) electrons. The van der Waals surface area contributed by atoms with E-state index in [0.29, 0.717) is 0 Å². The second-order valence-electron chi connectivity index (χ2n) is 8.35. The van der Waals surface area contributed by atoms with Crippen molar-refractivity contribution < 1.29 is 10.2 Å². The Balaban J connectivity index is 0.00000450. The van der Waals surface area contributed by atoms with Gasteiger partial charge in [-0.25, -0.2) is 0 Å². The summed E-state index contributed by atoms with van der Waals surface area (Å²) in [6.45, 7) is 7.43. The summed E-state index contributed by atoms with van der Waals surface area (Å²) in [5, 5.41) is 26.7. The minimum atomic E-state index is -0.0652. The number of nitrogens with one attached hydrogen (secondary N) is 2. The highest BCUT2D eigenvalue weighted by atomic mass is 79.9. The molecule has 0 aliphatic heterocycles. The molecular formula is C24H36BrClN2O2. The van der Waals surface area contributed by atoms with Crippen molar-refractivity contribution in [3.05, 3.63) is 58.6 Å². The highest BCUT2D eigenvalue weighted by molar-refractivity contribution is 8.93. The second kappa shape index (κ2) is 13.9. The van der Waals surface area contributed by atoms with Crippen molar-refractivity contribution in [2.45, 2.75) is 57.9 Å². The molecule has 0 unspecified atom stereocenters. The number of aromatic hydroxyl groups is 2. The third-order valence-electron chi connectivity index (χ3n) is 5.07. The normalized spacial score (nSPS) is 11.3. The van der Waals surface area contributed by atoms with E-state index in [0.717, 1.165) is 43.1 Å². The Hall–Kier alpha value is -1.27. The Morgan fingerprint density at radius 3 is 2.10 bits per heavy atom. The van der Waals surface area contributed by atoms with Gasteiger partial charge in [0.05, 0.1) is 0 Å². The van der Waals surface area contributed by atoms with Gasteiger partial charge in [0.2, 0.25) is 0 Å². The summed E-state index contributed by atoms with van der Waals surface area (Å²) in [5.74, 6) is -0.114. The van der Waals surface area contributed by atoms with Gasteiger partial charge in [0.1, 0.15) is 0 Å². The van der Waals surface area contributed by atoms with Crippen molar-refractivity contribution in [2.75, 3.05) is 19.6 Å². The number of hydrogen-bond donors (Lipinski definition) is 4. The van der Waals surface area contributed by atoms with Crippen LogP contribution in [0, 0.1) is 0 Å². The molecule has 6 heteroatoms. The van der Waals surface area contributed by atoms with Gasteiger partial charge in [-0.05, 0) is 94.6 Å². The Morgan fingerprint density at radius 2 is 1.43 bits per heavy atom. The van der Waals surface area contributed by atoms with Crippen molar-refractivity contribution in [2.24, 2.45) is 0 Å². The molecule has 0 amide bonds. The Labute approximate surface area is 196 Å². The third-order valence-corrected chi connectivity index (χ3v) is 5.33. The molecule has 0 saturated carbocycles. The third kappa shape index (κ3) is 10.7. The monoisotopic (exact) mass is 498 g/mol. The van der Waals surface area contributed by atoms with Crippen LogP contribution in [0.2, 0.25) is 5.02 Å². The van der Waals surface area contributed by atoms with Crippen molar-refractivity contribution in [3.63, 3.8) is 0 Å². The first-order valence-electron chi connectivity index (χ1n) is 10.6. The van der Waals surface area contributed by atoms with Crippen molar-refractivity contribution >= 4 is 28.6 Å². The van der Waals surface area contributed by atoms with Crippen LogP contribution in [0.15, 0.2) is 42.5 Å². The molecule has 0 atom stereocenters. The molecule has 0 aromatic heterocycles. The number of hydrogen-bond acceptors (Lipinski definition) is 4. The largest absolute Gasteiger partial charge is 0.504 e. The summed E-state index contributed by atoms with van der Waals surface area (Å²) in [6.07, 6.45) is 6.67. The number of phenols is 2. The van der Waals surface area contributed by atoms with E-state index in [4.69, 9.17) is 11.6 Å². The molecular weight excluding hydrogens is 464 g/mol. The molecule has 0 fully saturated rings. The summed E-state index contributed by atoms with van der Waals surface area (Å²) in [6, 6.07) is 13.1. The van der Waals surface area contributed by atoms with Gasteiger partial charge in [-0.15, -0.1) is 17.0 Å². The van der Waals surface area contributed by atoms with E-state index in [1.807, 2.05) is 18.2 Å². The van der Waals surface area contributed by atoms with Crippen molar-refractivity contribution in [3.8, 4) is 11.5 Å². The number of halogens is 2. The fourth-order valence-corrected chi connectivity index (χ4v) is 3.54. The van der Waals surface area contributed by atoms with Crippen LogP contribution in [0.4, 0.5) is 0 Å². The highest BCUT2D eigenvalue weighted by Crippen LogP contribution is 2.24. The Morgan fingerprint density at radius 1 is 0.800 bits per heavy atom. The van der Waals surface area contributed by atoms with E-state index < -0.39 is 0 Å². The predicted molar refractivity (Wildman–Crippen MR) is 132 cm³/mol. The van der Waals surface area contributed by atoms with E-state index in [2.05, 4.69) is 36.6 Å². The number of unbranched alkanes of at least 4 members (excludes halogenated alkanes) is 3. The lowest BCUT2D eigenvalue weighted by Gasteiger charge is -2.26. The average molecular weight is 500 g/mol. The van der Waals surface area contributed by atoms with Crippen molar-refractivity contribution in [1.29, 1.82) is 0 Å². The molecule has 0 heterocycles. The molecule has 4 N–H and O–H groups in total. The summed E-state index contributed by atoms with van der Waals surface area (Å²) in [5.41, 5.74) is 2.42. The van der Waals surface area contributed by atoms with Crippen LogP contribution >= 0.6 is 28.6 Å².